The molecule has 1 aromatic heterocycles. The van der Waals surface area contributed by atoms with Crippen molar-refractivity contribution < 1.29 is 5.11 Å². The van der Waals surface area contributed by atoms with E-state index in [1.807, 2.05) is 32.9 Å². The number of rotatable bonds is 3. The van der Waals surface area contributed by atoms with Gasteiger partial charge in [-0.25, -0.2) is 0 Å². The molecule has 0 saturated carbocycles. The Hall–Kier alpha value is -2.10. The quantitative estimate of drug-likeness (QED) is 0.814. The molecule has 0 aliphatic rings. The summed E-state index contributed by atoms with van der Waals surface area (Å²) in [6, 6.07) is 5.53. The van der Waals surface area contributed by atoms with Crippen molar-refractivity contribution in [3.8, 4) is 5.75 Å². The van der Waals surface area contributed by atoms with Gasteiger partial charge in [-0.3, -0.25) is 9.97 Å². The van der Waals surface area contributed by atoms with Gasteiger partial charge in [0.2, 0.25) is 0 Å². The average molecular weight is 243 g/mol. The number of aromatic hydroxyl groups is 1. The second-order valence-electron chi connectivity index (χ2n) is 4.39. The molecule has 0 aliphatic heterocycles. The molecule has 18 heavy (non-hydrogen) atoms. The molecule has 1 atom stereocenters. The van der Waals surface area contributed by atoms with Crippen molar-refractivity contribution in [2.75, 3.05) is 5.32 Å². The first-order valence-corrected chi connectivity index (χ1v) is 5.91. The number of phenols is 1. The van der Waals surface area contributed by atoms with Gasteiger partial charge in [-0.1, -0.05) is 0 Å². The van der Waals surface area contributed by atoms with Crippen LogP contribution in [0, 0.1) is 13.8 Å². The topological polar surface area (TPSA) is 58.0 Å². The van der Waals surface area contributed by atoms with Crippen LogP contribution in [0.2, 0.25) is 0 Å². The van der Waals surface area contributed by atoms with Crippen LogP contribution in [0.3, 0.4) is 0 Å². The third-order valence-electron chi connectivity index (χ3n) is 2.91. The standard InChI is InChI=1S/C14H17N3O/c1-9-8-12(4-5-13(9)18)17-11(3)14-10(2)15-6-7-16-14/h4-8,11,17-18H,1-3H3. The van der Waals surface area contributed by atoms with Crippen molar-refractivity contribution in [1.82, 2.24) is 9.97 Å². The number of anilines is 1. The SMILES string of the molecule is Cc1cc(NC(C)c2nccnc2C)ccc1O. The van der Waals surface area contributed by atoms with Gasteiger partial charge in [0.1, 0.15) is 5.75 Å². The maximum Gasteiger partial charge on any atom is 0.118 e. The molecule has 0 bridgehead atoms. The molecule has 0 radical (unpaired) electrons. The van der Waals surface area contributed by atoms with Crippen molar-refractivity contribution in [2.45, 2.75) is 26.8 Å². The third-order valence-corrected chi connectivity index (χ3v) is 2.91. The van der Waals surface area contributed by atoms with Gasteiger partial charge in [-0.05, 0) is 44.5 Å². The molecule has 2 aromatic rings. The van der Waals surface area contributed by atoms with Crippen molar-refractivity contribution in [3.63, 3.8) is 0 Å². The highest BCUT2D eigenvalue weighted by Crippen LogP contribution is 2.24. The molecule has 0 amide bonds. The Labute approximate surface area is 107 Å². The number of hydrogen-bond acceptors (Lipinski definition) is 4. The van der Waals surface area contributed by atoms with E-state index in [4.69, 9.17) is 0 Å². The number of nitrogens with one attached hydrogen (secondary N) is 1. The van der Waals surface area contributed by atoms with E-state index in [1.54, 1.807) is 18.5 Å². The number of hydrogen-bond donors (Lipinski definition) is 2. The van der Waals surface area contributed by atoms with Crippen LogP contribution in [0.25, 0.3) is 0 Å². The van der Waals surface area contributed by atoms with E-state index in [0.717, 1.165) is 22.6 Å². The predicted molar refractivity (Wildman–Crippen MR) is 71.7 cm³/mol. The second-order valence-corrected chi connectivity index (χ2v) is 4.39. The fourth-order valence-electron chi connectivity index (χ4n) is 1.91. The zero-order valence-electron chi connectivity index (χ0n) is 10.8. The molecule has 1 unspecified atom stereocenters. The highest BCUT2D eigenvalue weighted by molar-refractivity contribution is 5.51. The van der Waals surface area contributed by atoms with Gasteiger partial charge in [0, 0.05) is 18.1 Å². The van der Waals surface area contributed by atoms with Crippen LogP contribution in [0.4, 0.5) is 5.69 Å². The minimum absolute atomic E-state index is 0.0719. The van der Waals surface area contributed by atoms with E-state index in [2.05, 4.69) is 15.3 Å². The van der Waals surface area contributed by atoms with Gasteiger partial charge in [0.05, 0.1) is 17.4 Å². The van der Waals surface area contributed by atoms with Crippen molar-refractivity contribution in [1.29, 1.82) is 0 Å². The minimum Gasteiger partial charge on any atom is -0.508 e. The van der Waals surface area contributed by atoms with E-state index in [9.17, 15) is 5.11 Å². The predicted octanol–water partition coefficient (Wildman–Crippen LogP) is 2.97. The maximum absolute atomic E-state index is 9.49. The lowest BCUT2D eigenvalue weighted by molar-refractivity contribution is 0.471. The molecule has 94 valence electrons. The summed E-state index contributed by atoms with van der Waals surface area (Å²) >= 11 is 0. The van der Waals surface area contributed by atoms with E-state index in [0.29, 0.717) is 5.75 Å². The number of benzene rings is 1. The Morgan fingerprint density at radius 2 is 1.89 bits per heavy atom. The van der Waals surface area contributed by atoms with Gasteiger partial charge in [0.25, 0.3) is 0 Å². The van der Waals surface area contributed by atoms with Crippen LogP contribution >= 0.6 is 0 Å². The van der Waals surface area contributed by atoms with Gasteiger partial charge in [-0.2, -0.15) is 0 Å². The molecule has 1 heterocycles. The molecule has 0 fully saturated rings. The molecule has 1 aromatic carbocycles. The summed E-state index contributed by atoms with van der Waals surface area (Å²) in [5.41, 5.74) is 3.67. The number of aryl methyl sites for hydroxylation is 2. The van der Waals surface area contributed by atoms with Crippen molar-refractivity contribution >= 4 is 5.69 Å². The Bertz CT molecular complexity index is 554. The average Bonchev–Trinajstić information content (AvgIpc) is 2.34. The summed E-state index contributed by atoms with van der Waals surface area (Å²) in [5.74, 6) is 0.309. The summed E-state index contributed by atoms with van der Waals surface area (Å²) in [4.78, 5) is 8.57. The summed E-state index contributed by atoms with van der Waals surface area (Å²) in [5, 5.41) is 12.8. The number of phenolic OH excluding ortho intramolecular Hbond substituents is 1. The van der Waals surface area contributed by atoms with Gasteiger partial charge < -0.3 is 10.4 Å². The molecule has 2 rings (SSSR count). The fourth-order valence-corrected chi connectivity index (χ4v) is 1.91. The lowest BCUT2D eigenvalue weighted by Crippen LogP contribution is -2.11. The van der Waals surface area contributed by atoms with Crippen LogP contribution in [0.15, 0.2) is 30.6 Å². The Morgan fingerprint density at radius 3 is 2.56 bits per heavy atom. The Balaban J connectivity index is 2.19. The molecular formula is C14H17N3O. The lowest BCUT2D eigenvalue weighted by atomic mass is 10.1. The second kappa shape index (κ2) is 5.04. The number of nitrogens with zero attached hydrogens (tertiary/aromatic N) is 2. The van der Waals surface area contributed by atoms with Crippen LogP contribution in [-0.2, 0) is 0 Å². The zero-order valence-corrected chi connectivity index (χ0v) is 10.8. The highest BCUT2D eigenvalue weighted by atomic mass is 16.3. The van der Waals surface area contributed by atoms with Gasteiger partial charge in [0.15, 0.2) is 0 Å². The molecule has 4 nitrogen and oxygen atoms in total. The first-order valence-electron chi connectivity index (χ1n) is 5.91. The van der Waals surface area contributed by atoms with Crippen molar-refractivity contribution in [2.24, 2.45) is 0 Å². The molecular weight excluding hydrogens is 226 g/mol. The molecule has 4 heteroatoms. The van der Waals surface area contributed by atoms with Crippen LogP contribution < -0.4 is 5.32 Å². The van der Waals surface area contributed by atoms with E-state index in [1.165, 1.54) is 0 Å². The van der Waals surface area contributed by atoms with Crippen LogP contribution in [-0.4, -0.2) is 15.1 Å². The molecule has 0 saturated heterocycles. The summed E-state index contributed by atoms with van der Waals surface area (Å²) < 4.78 is 0. The van der Waals surface area contributed by atoms with E-state index < -0.39 is 0 Å². The zero-order chi connectivity index (χ0) is 13.1. The third kappa shape index (κ3) is 2.59. The summed E-state index contributed by atoms with van der Waals surface area (Å²) in [6.07, 6.45) is 3.39. The first kappa shape index (κ1) is 12.4. The first-order chi connectivity index (χ1) is 8.58. The normalized spacial score (nSPS) is 12.2. The minimum atomic E-state index is 0.0719. The Kier molecular flexibility index (Phi) is 3.46. The van der Waals surface area contributed by atoms with Crippen molar-refractivity contribution in [3.05, 3.63) is 47.5 Å². The van der Waals surface area contributed by atoms with Gasteiger partial charge >= 0.3 is 0 Å². The van der Waals surface area contributed by atoms with Crippen LogP contribution in [0.5, 0.6) is 5.75 Å². The maximum atomic E-state index is 9.49. The monoisotopic (exact) mass is 243 g/mol. The molecule has 0 aliphatic carbocycles. The Morgan fingerprint density at radius 1 is 1.17 bits per heavy atom. The summed E-state index contributed by atoms with van der Waals surface area (Å²) in [7, 11) is 0. The van der Waals surface area contributed by atoms with E-state index >= 15 is 0 Å². The summed E-state index contributed by atoms with van der Waals surface area (Å²) in [6.45, 7) is 5.86. The number of aromatic nitrogens is 2. The fraction of sp³-hybridized carbons (Fsp3) is 0.286. The van der Waals surface area contributed by atoms with Gasteiger partial charge in [-0.15, -0.1) is 0 Å². The highest BCUT2D eigenvalue weighted by Gasteiger charge is 2.10. The van der Waals surface area contributed by atoms with E-state index in [-0.39, 0.29) is 6.04 Å². The molecule has 0 spiro atoms. The van der Waals surface area contributed by atoms with Crippen LogP contribution in [0.1, 0.15) is 29.9 Å². The largest absolute Gasteiger partial charge is 0.508 e. The smallest absolute Gasteiger partial charge is 0.118 e. The lowest BCUT2D eigenvalue weighted by Gasteiger charge is -2.16. The molecule has 2 N–H and O–H groups in total.